The molecular weight excluding hydrogens is 358 g/mol. The molecule has 7 heteroatoms. The van der Waals surface area contributed by atoms with Gasteiger partial charge in [0.15, 0.2) is 11.5 Å². The number of hydrogen-bond acceptors (Lipinski definition) is 5. The molecule has 0 radical (unpaired) electrons. The fourth-order valence-corrected chi connectivity index (χ4v) is 2.90. The van der Waals surface area contributed by atoms with Crippen LogP contribution in [0.5, 0.6) is 11.5 Å². The van der Waals surface area contributed by atoms with Crippen molar-refractivity contribution in [3.63, 3.8) is 0 Å². The van der Waals surface area contributed by atoms with Gasteiger partial charge in [-0.05, 0) is 44.5 Å². The Morgan fingerprint density at radius 3 is 2.50 bits per heavy atom. The van der Waals surface area contributed by atoms with E-state index in [-0.39, 0.29) is 0 Å². The number of aryl methyl sites for hydroxylation is 2. The molecule has 3 amide bonds. The van der Waals surface area contributed by atoms with Crippen LogP contribution in [0.15, 0.2) is 36.4 Å². The van der Waals surface area contributed by atoms with Crippen LogP contribution in [0.25, 0.3) is 0 Å². The fraction of sp³-hybridized carbons (Fsp3) is 0.333. The first-order chi connectivity index (χ1) is 13.4. The zero-order valence-electron chi connectivity index (χ0n) is 16.3. The standard InChI is InChI=1S/C21H25N3O4/c1-13-5-7-17(14(2)11-13)23-21(26)24-20(25)15(3)22-16-6-8-18-19(12-16)28-10-4-9-27-18/h5-8,11-12,15,22H,4,9-10H2,1-3H3,(H2,23,24,25,26)/t15-/m1/s1. The van der Waals surface area contributed by atoms with Gasteiger partial charge in [0.25, 0.3) is 0 Å². The maximum absolute atomic E-state index is 12.3. The first-order valence-corrected chi connectivity index (χ1v) is 9.27. The minimum Gasteiger partial charge on any atom is -0.490 e. The van der Waals surface area contributed by atoms with Crippen molar-refractivity contribution in [3.05, 3.63) is 47.5 Å². The quantitative estimate of drug-likeness (QED) is 0.751. The van der Waals surface area contributed by atoms with Crippen molar-refractivity contribution in [3.8, 4) is 11.5 Å². The zero-order chi connectivity index (χ0) is 20.1. The van der Waals surface area contributed by atoms with Gasteiger partial charge in [-0.25, -0.2) is 4.79 Å². The Balaban J connectivity index is 1.57. The number of fused-ring (bicyclic) bond motifs is 1. The minimum atomic E-state index is -0.616. The second-order valence-corrected chi connectivity index (χ2v) is 6.84. The number of carbonyl (C=O) groups is 2. The van der Waals surface area contributed by atoms with E-state index in [4.69, 9.17) is 9.47 Å². The summed E-state index contributed by atoms with van der Waals surface area (Å²) in [5, 5.41) is 8.13. The molecule has 3 N–H and O–H groups in total. The van der Waals surface area contributed by atoms with Crippen LogP contribution in [-0.4, -0.2) is 31.2 Å². The highest BCUT2D eigenvalue weighted by Crippen LogP contribution is 2.32. The van der Waals surface area contributed by atoms with E-state index < -0.39 is 18.0 Å². The maximum atomic E-state index is 12.3. The van der Waals surface area contributed by atoms with Gasteiger partial charge in [-0.3, -0.25) is 10.1 Å². The van der Waals surface area contributed by atoms with Crippen LogP contribution in [0.4, 0.5) is 16.2 Å². The third-order valence-electron chi connectivity index (χ3n) is 4.39. The van der Waals surface area contributed by atoms with Crippen LogP contribution >= 0.6 is 0 Å². The molecule has 1 aliphatic rings. The fourth-order valence-electron chi connectivity index (χ4n) is 2.90. The molecule has 0 aliphatic carbocycles. The monoisotopic (exact) mass is 383 g/mol. The van der Waals surface area contributed by atoms with Gasteiger partial charge < -0.3 is 20.1 Å². The summed E-state index contributed by atoms with van der Waals surface area (Å²) in [6.07, 6.45) is 0.825. The van der Waals surface area contributed by atoms with Crippen molar-refractivity contribution in [2.24, 2.45) is 0 Å². The third-order valence-corrected chi connectivity index (χ3v) is 4.39. The molecule has 0 spiro atoms. The molecule has 1 heterocycles. The summed E-state index contributed by atoms with van der Waals surface area (Å²) in [5.41, 5.74) is 3.41. The van der Waals surface area contributed by atoms with Gasteiger partial charge in [-0.15, -0.1) is 0 Å². The van der Waals surface area contributed by atoms with E-state index in [0.29, 0.717) is 36.1 Å². The summed E-state index contributed by atoms with van der Waals surface area (Å²) in [6, 6.07) is 9.91. The predicted molar refractivity (Wildman–Crippen MR) is 108 cm³/mol. The molecule has 148 valence electrons. The third kappa shape index (κ3) is 4.94. The molecule has 2 aromatic carbocycles. The van der Waals surface area contributed by atoms with Crippen molar-refractivity contribution < 1.29 is 19.1 Å². The second-order valence-electron chi connectivity index (χ2n) is 6.84. The Hall–Kier alpha value is -3.22. The molecule has 0 fully saturated rings. The second kappa shape index (κ2) is 8.65. The van der Waals surface area contributed by atoms with Crippen molar-refractivity contribution in [2.75, 3.05) is 23.8 Å². The number of hydrogen-bond donors (Lipinski definition) is 3. The average Bonchev–Trinajstić information content (AvgIpc) is 2.89. The van der Waals surface area contributed by atoms with Crippen LogP contribution in [0.2, 0.25) is 0 Å². The van der Waals surface area contributed by atoms with Crippen molar-refractivity contribution >= 4 is 23.3 Å². The van der Waals surface area contributed by atoms with E-state index >= 15 is 0 Å². The Bertz CT molecular complexity index is 882. The van der Waals surface area contributed by atoms with Gasteiger partial charge in [0.2, 0.25) is 5.91 Å². The van der Waals surface area contributed by atoms with Crippen LogP contribution < -0.4 is 25.4 Å². The number of anilines is 2. The molecule has 0 aromatic heterocycles. The normalized spacial score (nSPS) is 13.8. The van der Waals surface area contributed by atoms with Crippen LogP contribution in [-0.2, 0) is 4.79 Å². The molecule has 0 unspecified atom stereocenters. The number of imide groups is 1. The topological polar surface area (TPSA) is 88.7 Å². The first kappa shape index (κ1) is 19.5. The molecule has 0 saturated carbocycles. The predicted octanol–water partition coefficient (Wildman–Crippen LogP) is 3.61. The average molecular weight is 383 g/mol. The van der Waals surface area contributed by atoms with E-state index in [1.807, 2.05) is 38.1 Å². The molecular formula is C21H25N3O4. The first-order valence-electron chi connectivity index (χ1n) is 9.27. The van der Waals surface area contributed by atoms with E-state index in [1.54, 1.807) is 19.1 Å². The SMILES string of the molecule is Cc1ccc(NC(=O)NC(=O)[C@@H](C)Nc2ccc3c(c2)OCCCO3)c(C)c1. The molecule has 0 bridgehead atoms. The zero-order valence-corrected chi connectivity index (χ0v) is 16.3. The van der Waals surface area contributed by atoms with Gasteiger partial charge in [-0.1, -0.05) is 17.7 Å². The maximum Gasteiger partial charge on any atom is 0.325 e. The van der Waals surface area contributed by atoms with E-state index in [1.165, 1.54) is 0 Å². The van der Waals surface area contributed by atoms with Crippen molar-refractivity contribution in [1.82, 2.24) is 5.32 Å². The highest BCUT2D eigenvalue weighted by atomic mass is 16.5. The van der Waals surface area contributed by atoms with E-state index in [2.05, 4.69) is 16.0 Å². The molecule has 7 nitrogen and oxygen atoms in total. The lowest BCUT2D eigenvalue weighted by atomic mass is 10.1. The lowest BCUT2D eigenvalue weighted by Crippen LogP contribution is -2.43. The van der Waals surface area contributed by atoms with Crippen molar-refractivity contribution in [1.29, 1.82) is 0 Å². The number of ether oxygens (including phenoxy) is 2. The Kier molecular flexibility index (Phi) is 6.03. The summed E-state index contributed by atoms with van der Waals surface area (Å²) < 4.78 is 11.2. The van der Waals surface area contributed by atoms with Crippen LogP contribution in [0.3, 0.4) is 0 Å². The Morgan fingerprint density at radius 1 is 1.00 bits per heavy atom. The lowest BCUT2D eigenvalue weighted by molar-refractivity contribution is -0.120. The van der Waals surface area contributed by atoms with Gasteiger partial charge in [-0.2, -0.15) is 0 Å². The van der Waals surface area contributed by atoms with Crippen LogP contribution in [0.1, 0.15) is 24.5 Å². The Morgan fingerprint density at radius 2 is 1.75 bits per heavy atom. The molecule has 2 aromatic rings. The number of urea groups is 1. The van der Waals surface area contributed by atoms with E-state index in [0.717, 1.165) is 17.5 Å². The van der Waals surface area contributed by atoms with Gasteiger partial charge in [0, 0.05) is 23.9 Å². The highest BCUT2D eigenvalue weighted by Gasteiger charge is 2.18. The highest BCUT2D eigenvalue weighted by molar-refractivity contribution is 6.03. The molecule has 28 heavy (non-hydrogen) atoms. The van der Waals surface area contributed by atoms with Crippen molar-refractivity contribution in [2.45, 2.75) is 33.2 Å². The smallest absolute Gasteiger partial charge is 0.325 e. The molecule has 3 rings (SSSR count). The van der Waals surface area contributed by atoms with Crippen LogP contribution in [0, 0.1) is 13.8 Å². The molecule has 0 saturated heterocycles. The Labute approximate surface area is 164 Å². The summed E-state index contributed by atoms with van der Waals surface area (Å²) >= 11 is 0. The number of rotatable bonds is 4. The molecule has 1 atom stereocenters. The summed E-state index contributed by atoms with van der Waals surface area (Å²) in [5.74, 6) is 0.894. The number of carbonyl (C=O) groups excluding carboxylic acids is 2. The minimum absolute atomic E-state index is 0.436. The van der Waals surface area contributed by atoms with E-state index in [9.17, 15) is 9.59 Å². The largest absolute Gasteiger partial charge is 0.490 e. The van der Waals surface area contributed by atoms with Gasteiger partial charge >= 0.3 is 6.03 Å². The lowest BCUT2D eigenvalue weighted by Gasteiger charge is -2.17. The summed E-state index contributed by atoms with van der Waals surface area (Å²) in [4.78, 5) is 24.5. The number of amides is 3. The van der Waals surface area contributed by atoms with Gasteiger partial charge in [0.05, 0.1) is 13.2 Å². The molecule has 1 aliphatic heterocycles. The summed E-state index contributed by atoms with van der Waals surface area (Å²) in [7, 11) is 0. The number of nitrogens with one attached hydrogen (secondary N) is 3. The summed E-state index contributed by atoms with van der Waals surface area (Å²) in [6.45, 7) is 6.77. The van der Waals surface area contributed by atoms with Gasteiger partial charge in [0.1, 0.15) is 6.04 Å². The number of benzene rings is 2.